The van der Waals surface area contributed by atoms with Gasteiger partial charge in [0.05, 0.1) is 0 Å². The van der Waals surface area contributed by atoms with E-state index < -0.39 is 0 Å². The highest BCUT2D eigenvalue weighted by molar-refractivity contribution is 7.09. The lowest BCUT2D eigenvalue weighted by atomic mass is 9.94. The Morgan fingerprint density at radius 2 is 1.88 bits per heavy atom. The Kier molecular flexibility index (Phi) is 4.14. The molecule has 2 rings (SSSR count). The van der Waals surface area contributed by atoms with Crippen molar-refractivity contribution in [3.05, 3.63) is 58.3 Å². The fraction of sp³-hybridized carbons (Fsp3) is 0.286. The van der Waals surface area contributed by atoms with Crippen molar-refractivity contribution in [3.63, 3.8) is 0 Å². The Labute approximate surface area is 101 Å². The normalized spacial score (nSPS) is 12.6. The highest BCUT2D eigenvalue weighted by Crippen LogP contribution is 2.22. The second-order valence-corrected chi connectivity index (χ2v) is 4.99. The van der Waals surface area contributed by atoms with Gasteiger partial charge in [0.1, 0.15) is 0 Å². The highest BCUT2D eigenvalue weighted by atomic mass is 32.1. The van der Waals surface area contributed by atoms with Crippen molar-refractivity contribution in [2.24, 2.45) is 5.73 Å². The second-order valence-electron chi connectivity index (χ2n) is 3.96. The van der Waals surface area contributed by atoms with E-state index in [1.54, 1.807) is 0 Å². The minimum absolute atomic E-state index is 0.489. The van der Waals surface area contributed by atoms with Crippen LogP contribution in [0.2, 0.25) is 0 Å². The molecule has 2 aromatic rings. The Hall–Kier alpha value is -1.12. The minimum Gasteiger partial charge on any atom is -0.330 e. The van der Waals surface area contributed by atoms with Crippen LogP contribution in [-0.4, -0.2) is 6.54 Å². The molecule has 0 bridgehead atoms. The first-order chi connectivity index (χ1) is 7.90. The smallest absolute Gasteiger partial charge is 0.00454 e. The molecule has 84 valence electrons. The van der Waals surface area contributed by atoms with Crippen molar-refractivity contribution in [2.45, 2.75) is 18.8 Å². The summed E-state index contributed by atoms with van der Waals surface area (Å²) in [5.41, 5.74) is 7.21. The number of hydrogen-bond donors (Lipinski definition) is 1. The number of aryl methyl sites for hydroxylation is 1. The lowest BCUT2D eigenvalue weighted by Crippen LogP contribution is -2.13. The first-order valence-corrected chi connectivity index (χ1v) is 6.55. The van der Waals surface area contributed by atoms with Crippen LogP contribution < -0.4 is 5.73 Å². The molecule has 0 saturated carbocycles. The van der Waals surface area contributed by atoms with Crippen molar-refractivity contribution in [1.29, 1.82) is 0 Å². The molecule has 16 heavy (non-hydrogen) atoms. The highest BCUT2D eigenvalue weighted by Gasteiger charge is 2.09. The molecule has 0 spiro atoms. The Bertz CT molecular complexity index is 394. The van der Waals surface area contributed by atoms with Gasteiger partial charge in [0.2, 0.25) is 0 Å². The van der Waals surface area contributed by atoms with Gasteiger partial charge in [-0.3, -0.25) is 0 Å². The van der Waals surface area contributed by atoms with Gasteiger partial charge in [-0.25, -0.2) is 0 Å². The van der Waals surface area contributed by atoms with E-state index in [0.717, 1.165) is 19.4 Å². The molecule has 1 aromatic carbocycles. The second kappa shape index (κ2) is 5.83. The first-order valence-electron chi connectivity index (χ1n) is 5.67. The predicted molar refractivity (Wildman–Crippen MR) is 70.9 cm³/mol. The van der Waals surface area contributed by atoms with Crippen LogP contribution in [0.5, 0.6) is 0 Å². The SMILES string of the molecule is NCC(CCc1cccs1)c1ccccc1. The van der Waals surface area contributed by atoms with Crippen LogP contribution in [0.4, 0.5) is 0 Å². The van der Waals surface area contributed by atoms with Crippen LogP contribution in [0.25, 0.3) is 0 Å². The standard InChI is InChI=1S/C14H17NS/c15-11-13(12-5-2-1-3-6-12)8-9-14-7-4-10-16-14/h1-7,10,13H,8-9,11,15H2. The first kappa shape index (κ1) is 11.4. The molecule has 2 N–H and O–H groups in total. The summed E-state index contributed by atoms with van der Waals surface area (Å²) in [5, 5.41) is 2.13. The molecular weight excluding hydrogens is 214 g/mol. The van der Waals surface area contributed by atoms with Crippen LogP contribution in [-0.2, 0) is 6.42 Å². The number of nitrogens with two attached hydrogens (primary N) is 1. The van der Waals surface area contributed by atoms with Gasteiger partial charge >= 0.3 is 0 Å². The average molecular weight is 231 g/mol. The minimum atomic E-state index is 0.489. The molecule has 0 amide bonds. The maximum absolute atomic E-state index is 5.85. The summed E-state index contributed by atoms with van der Waals surface area (Å²) >= 11 is 1.83. The van der Waals surface area contributed by atoms with E-state index >= 15 is 0 Å². The number of benzene rings is 1. The molecule has 1 nitrogen and oxygen atoms in total. The molecule has 0 saturated heterocycles. The summed E-state index contributed by atoms with van der Waals surface area (Å²) in [6.07, 6.45) is 2.27. The van der Waals surface area contributed by atoms with Gasteiger partial charge in [-0.05, 0) is 42.3 Å². The van der Waals surface area contributed by atoms with Crippen LogP contribution in [0, 0.1) is 0 Å². The maximum atomic E-state index is 5.85. The maximum Gasteiger partial charge on any atom is 0.00454 e. The summed E-state index contributed by atoms with van der Waals surface area (Å²) in [6.45, 7) is 0.732. The van der Waals surface area contributed by atoms with Crippen LogP contribution >= 0.6 is 11.3 Å². The van der Waals surface area contributed by atoms with E-state index in [1.807, 2.05) is 11.3 Å². The Morgan fingerprint density at radius 3 is 2.50 bits per heavy atom. The van der Waals surface area contributed by atoms with Gasteiger partial charge in [0.25, 0.3) is 0 Å². The van der Waals surface area contributed by atoms with Gasteiger partial charge < -0.3 is 5.73 Å². The molecule has 1 heterocycles. The summed E-state index contributed by atoms with van der Waals surface area (Å²) in [6, 6.07) is 14.9. The molecular formula is C14H17NS. The molecule has 0 aliphatic heterocycles. The van der Waals surface area contributed by atoms with E-state index in [-0.39, 0.29) is 0 Å². The van der Waals surface area contributed by atoms with Crippen LogP contribution in [0.1, 0.15) is 22.8 Å². The van der Waals surface area contributed by atoms with Gasteiger partial charge in [-0.2, -0.15) is 0 Å². The molecule has 0 fully saturated rings. The molecule has 0 aliphatic rings. The van der Waals surface area contributed by atoms with Crippen molar-refractivity contribution in [1.82, 2.24) is 0 Å². The predicted octanol–water partition coefficient (Wildman–Crippen LogP) is 3.42. The van der Waals surface area contributed by atoms with E-state index in [1.165, 1.54) is 10.4 Å². The van der Waals surface area contributed by atoms with E-state index in [0.29, 0.717) is 5.92 Å². The van der Waals surface area contributed by atoms with Crippen molar-refractivity contribution in [2.75, 3.05) is 6.54 Å². The lowest BCUT2D eigenvalue weighted by molar-refractivity contribution is 0.637. The zero-order chi connectivity index (χ0) is 11.2. The molecule has 1 aromatic heterocycles. The van der Waals surface area contributed by atoms with E-state index in [4.69, 9.17) is 5.73 Å². The fourth-order valence-electron chi connectivity index (χ4n) is 1.92. The average Bonchev–Trinajstić information content (AvgIpc) is 2.84. The monoisotopic (exact) mass is 231 g/mol. The van der Waals surface area contributed by atoms with Gasteiger partial charge in [0, 0.05) is 4.88 Å². The van der Waals surface area contributed by atoms with Crippen LogP contribution in [0.15, 0.2) is 47.8 Å². The summed E-state index contributed by atoms with van der Waals surface area (Å²) in [7, 11) is 0. The number of rotatable bonds is 5. The topological polar surface area (TPSA) is 26.0 Å². The summed E-state index contributed by atoms with van der Waals surface area (Å²) in [5.74, 6) is 0.489. The zero-order valence-corrected chi connectivity index (χ0v) is 10.1. The van der Waals surface area contributed by atoms with Gasteiger partial charge in [-0.1, -0.05) is 36.4 Å². The van der Waals surface area contributed by atoms with E-state index in [9.17, 15) is 0 Å². The molecule has 0 aliphatic carbocycles. The van der Waals surface area contributed by atoms with Crippen LogP contribution in [0.3, 0.4) is 0 Å². The van der Waals surface area contributed by atoms with Crippen molar-refractivity contribution < 1.29 is 0 Å². The lowest BCUT2D eigenvalue weighted by Gasteiger charge is -2.14. The third kappa shape index (κ3) is 2.94. The van der Waals surface area contributed by atoms with Crippen molar-refractivity contribution >= 4 is 11.3 Å². The van der Waals surface area contributed by atoms with Gasteiger partial charge in [0.15, 0.2) is 0 Å². The third-order valence-corrected chi connectivity index (χ3v) is 3.81. The number of thiophene rings is 1. The number of hydrogen-bond acceptors (Lipinski definition) is 2. The fourth-order valence-corrected chi connectivity index (χ4v) is 2.64. The van der Waals surface area contributed by atoms with Gasteiger partial charge in [-0.15, -0.1) is 11.3 Å². The Balaban J connectivity index is 1.96. The quantitative estimate of drug-likeness (QED) is 0.838. The molecule has 0 radical (unpaired) electrons. The summed E-state index contributed by atoms with van der Waals surface area (Å²) in [4.78, 5) is 1.45. The zero-order valence-electron chi connectivity index (χ0n) is 9.30. The summed E-state index contributed by atoms with van der Waals surface area (Å²) < 4.78 is 0. The van der Waals surface area contributed by atoms with Crippen molar-refractivity contribution in [3.8, 4) is 0 Å². The Morgan fingerprint density at radius 1 is 1.06 bits per heavy atom. The third-order valence-electron chi connectivity index (χ3n) is 2.87. The van der Waals surface area contributed by atoms with E-state index in [2.05, 4.69) is 47.8 Å². The molecule has 2 heteroatoms. The molecule has 1 atom stereocenters. The largest absolute Gasteiger partial charge is 0.330 e. The molecule has 1 unspecified atom stereocenters.